The van der Waals surface area contributed by atoms with Gasteiger partial charge >= 0.3 is 0 Å². The highest BCUT2D eigenvalue weighted by atomic mass is 16.5. The van der Waals surface area contributed by atoms with Gasteiger partial charge in [-0.2, -0.15) is 0 Å². The summed E-state index contributed by atoms with van der Waals surface area (Å²) in [6.07, 6.45) is 0.393. The van der Waals surface area contributed by atoms with Crippen molar-refractivity contribution >= 4 is 5.91 Å². The molecule has 0 fully saturated rings. The Kier molecular flexibility index (Phi) is 3.41. The van der Waals surface area contributed by atoms with Gasteiger partial charge in [-0.1, -0.05) is 5.16 Å². The van der Waals surface area contributed by atoms with Gasteiger partial charge in [0, 0.05) is 12.6 Å². The first kappa shape index (κ1) is 9.69. The van der Waals surface area contributed by atoms with Gasteiger partial charge in [0.1, 0.15) is 0 Å². The molecule has 0 radical (unpaired) electrons. The lowest BCUT2D eigenvalue weighted by atomic mass is 10.3. The van der Waals surface area contributed by atoms with Crippen molar-refractivity contribution in [1.29, 1.82) is 0 Å². The van der Waals surface area contributed by atoms with Crippen LogP contribution >= 0.6 is 0 Å². The molecule has 1 atom stereocenters. The molecule has 1 unspecified atom stereocenters. The number of amides is 1. The third kappa shape index (κ3) is 2.85. The van der Waals surface area contributed by atoms with Crippen molar-refractivity contribution in [2.45, 2.75) is 6.10 Å². The second kappa shape index (κ2) is 4.58. The molecule has 0 aliphatic carbocycles. The Bertz CT molecular complexity index is 259. The Morgan fingerprint density at radius 1 is 1.77 bits per heavy atom. The van der Waals surface area contributed by atoms with Crippen molar-refractivity contribution < 1.29 is 19.5 Å². The predicted octanol–water partition coefficient (Wildman–Crippen LogP) is -1.24. The van der Waals surface area contributed by atoms with Crippen LogP contribution in [-0.4, -0.2) is 40.5 Å². The Hall–Kier alpha value is -1.40. The number of nitrogens with zero attached hydrogens (tertiary/aromatic N) is 1. The number of aromatic nitrogens is 1. The predicted molar refractivity (Wildman–Crippen MR) is 41.9 cm³/mol. The van der Waals surface area contributed by atoms with Crippen LogP contribution in [0.4, 0.5) is 0 Å². The van der Waals surface area contributed by atoms with E-state index in [0.717, 1.165) is 0 Å². The maximum atomic E-state index is 11.1. The molecule has 1 rings (SSSR count). The quantitative estimate of drug-likeness (QED) is 0.546. The molecule has 0 aliphatic heterocycles. The number of carbonyl (C=O) groups is 1. The monoisotopic (exact) mass is 186 g/mol. The van der Waals surface area contributed by atoms with E-state index in [0.29, 0.717) is 0 Å². The number of rotatable bonds is 4. The van der Waals surface area contributed by atoms with Crippen molar-refractivity contribution in [3.63, 3.8) is 0 Å². The molecule has 72 valence electrons. The van der Waals surface area contributed by atoms with E-state index in [4.69, 9.17) is 10.2 Å². The molecule has 1 aromatic heterocycles. The summed E-state index contributed by atoms with van der Waals surface area (Å²) < 4.78 is 4.56. The maximum absolute atomic E-state index is 11.1. The molecule has 1 amide bonds. The fraction of sp³-hybridized carbons (Fsp3) is 0.429. The van der Waals surface area contributed by atoms with Crippen LogP contribution in [0.3, 0.4) is 0 Å². The van der Waals surface area contributed by atoms with Gasteiger partial charge in [0.15, 0.2) is 0 Å². The largest absolute Gasteiger partial charge is 0.394 e. The van der Waals surface area contributed by atoms with Gasteiger partial charge in [-0.25, -0.2) is 0 Å². The van der Waals surface area contributed by atoms with Crippen LogP contribution in [0.15, 0.2) is 16.8 Å². The average Bonchev–Trinajstić information content (AvgIpc) is 2.66. The molecule has 0 aromatic carbocycles. The van der Waals surface area contributed by atoms with Crippen LogP contribution in [-0.2, 0) is 0 Å². The number of aliphatic hydroxyl groups is 2. The van der Waals surface area contributed by atoms with Gasteiger partial charge in [0.25, 0.3) is 5.91 Å². The van der Waals surface area contributed by atoms with Gasteiger partial charge in [-0.05, 0) is 0 Å². The molecule has 0 spiro atoms. The minimum absolute atomic E-state index is 0.0178. The zero-order chi connectivity index (χ0) is 9.68. The molecule has 1 aromatic rings. The molecular weight excluding hydrogens is 176 g/mol. The second-order valence-electron chi connectivity index (χ2n) is 2.42. The number of aliphatic hydroxyl groups excluding tert-OH is 2. The third-order valence-corrected chi connectivity index (χ3v) is 1.37. The topological polar surface area (TPSA) is 95.6 Å². The SMILES string of the molecule is O=C(NCC(O)CO)c1ccno1. The first-order valence-electron chi connectivity index (χ1n) is 3.72. The molecule has 0 bridgehead atoms. The fourth-order valence-electron chi connectivity index (χ4n) is 0.695. The Morgan fingerprint density at radius 3 is 3.08 bits per heavy atom. The molecule has 0 saturated carbocycles. The zero-order valence-corrected chi connectivity index (χ0v) is 6.80. The highest BCUT2D eigenvalue weighted by molar-refractivity contribution is 5.91. The first-order valence-corrected chi connectivity index (χ1v) is 3.72. The summed E-state index contributed by atoms with van der Waals surface area (Å²) in [6, 6.07) is 1.40. The summed E-state index contributed by atoms with van der Waals surface area (Å²) in [5, 5.41) is 23.0. The highest BCUT2D eigenvalue weighted by Crippen LogP contribution is 1.95. The van der Waals surface area contributed by atoms with Gasteiger partial charge in [-0.15, -0.1) is 0 Å². The molecule has 0 saturated heterocycles. The summed E-state index contributed by atoms with van der Waals surface area (Å²) in [7, 11) is 0. The standard InChI is InChI=1S/C7H10N2O4/c10-4-5(11)3-8-7(12)6-1-2-9-13-6/h1-2,5,10-11H,3-4H2,(H,8,12). The fourth-order valence-corrected chi connectivity index (χ4v) is 0.695. The van der Waals surface area contributed by atoms with Crippen LogP contribution in [0, 0.1) is 0 Å². The lowest BCUT2D eigenvalue weighted by molar-refractivity contribution is 0.0778. The van der Waals surface area contributed by atoms with E-state index in [1.807, 2.05) is 0 Å². The maximum Gasteiger partial charge on any atom is 0.289 e. The van der Waals surface area contributed by atoms with E-state index >= 15 is 0 Å². The van der Waals surface area contributed by atoms with E-state index < -0.39 is 18.6 Å². The minimum Gasteiger partial charge on any atom is -0.394 e. The summed E-state index contributed by atoms with van der Waals surface area (Å²) in [5.41, 5.74) is 0. The van der Waals surface area contributed by atoms with Crippen LogP contribution < -0.4 is 5.32 Å². The molecule has 3 N–H and O–H groups in total. The highest BCUT2D eigenvalue weighted by Gasteiger charge is 2.10. The number of carbonyl (C=O) groups excluding carboxylic acids is 1. The Labute approximate surface area is 74.2 Å². The summed E-state index contributed by atoms with van der Waals surface area (Å²) in [6.45, 7) is -0.410. The normalized spacial score (nSPS) is 12.5. The lowest BCUT2D eigenvalue weighted by Gasteiger charge is -2.06. The van der Waals surface area contributed by atoms with E-state index in [1.165, 1.54) is 12.3 Å². The van der Waals surface area contributed by atoms with E-state index in [9.17, 15) is 4.79 Å². The molecular formula is C7H10N2O4. The summed E-state index contributed by atoms with van der Waals surface area (Å²) in [5.74, 6) is -0.393. The molecule has 6 heteroatoms. The smallest absolute Gasteiger partial charge is 0.289 e. The molecule has 13 heavy (non-hydrogen) atoms. The summed E-state index contributed by atoms with van der Waals surface area (Å²) in [4.78, 5) is 11.1. The molecule has 6 nitrogen and oxygen atoms in total. The zero-order valence-electron chi connectivity index (χ0n) is 6.80. The lowest BCUT2D eigenvalue weighted by Crippen LogP contribution is -2.33. The van der Waals surface area contributed by atoms with E-state index in [-0.39, 0.29) is 12.3 Å². The van der Waals surface area contributed by atoms with Crippen molar-refractivity contribution in [3.05, 3.63) is 18.0 Å². The third-order valence-electron chi connectivity index (χ3n) is 1.37. The second-order valence-corrected chi connectivity index (χ2v) is 2.42. The van der Waals surface area contributed by atoms with Crippen LogP contribution in [0.25, 0.3) is 0 Å². The summed E-state index contributed by atoms with van der Waals surface area (Å²) >= 11 is 0. The first-order chi connectivity index (χ1) is 6.24. The van der Waals surface area contributed by atoms with Crippen molar-refractivity contribution in [1.82, 2.24) is 10.5 Å². The van der Waals surface area contributed by atoms with Crippen molar-refractivity contribution in [3.8, 4) is 0 Å². The minimum atomic E-state index is -0.952. The number of hydrogen-bond acceptors (Lipinski definition) is 5. The van der Waals surface area contributed by atoms with Gasteiger partial charge < -0.3 is 20.1 Å². The Balaban J connectivity index is 2.35. The molecule has 0 aliphatic rings. The van der Waals surface area contributed by atoms with Crippen molar-refractivity contribution in [2.75, 3.05) is 13.2 Å². The van der Waals surface area contributed by atoms with Gasteiger partial charge in [-0.3, -0.25) is 4.79 Å². The Morgan fingerprint density at radius 2 is 2.54 bits per heavy atom. The average molecular weight is 186 g/mol. The molecule has 1 heterocycles. The van der Waals surface area contributed by atoms with Crippen LogP contribution in [0.1, 0.15) is 10.6 Å². The van der Waals surface area contributed by atoms with Crippen LogP contribution in [0.2, 0.25) is 0 Å². The van der Waals surface area contributed by atoms with Gasteiger partial charge in [0.05, 0.1) is 18.9 Å². The van der Waals surface area contributed by atoms with E-state index in [2.05, 4.69) is 15.0 Å². The van der Waals surface area contributed by atoms with Crippen LogP contribution in [0.5, 0.6) is 0 Å². The number of nitrogens with one attached hydrogen (secondary N) is 1. The van der Waals surface area contributed by atoms with Gasteiger partial charge in [0.2, 0.25) is 5.76 Å². The van der Waals surface area contributed by atoms with Crippen molar-refractivity contribution in [2.24, 2.45) is 0 Å². The number of hydrogen-bond donors (Lipinski definition) is 3. The van der Waals surface area contributed by atoms with E-state index in [1.54, 1.807) is 0 Å².